The van der Waals surface area contributed by atoms with Gasteiger partial charge in [-0.15, -0.1) is 0 Å². The predicted molar refractivity (Wildman–Crippen MR) is 164 cm³/mol. The molecule has 0 aliphatic rings. The molecule has 2 aromatic carbocycles. The number of nitrogens with one attached hydrogen (secondary N) is 2. The Balaban J connectivity index is 0.00000104. The minimum Gasteiger partial charge on any atom is -0.389 e. The van der Waals surface area contributed by atoms with Crippen LogP contribution in [0.4, 0.5) is 4.39 Å². The zero-order valence-corrected chi connectivity index (χ0v) is 24.4. The number of halogens is 1. The van der Waals surface area contributed by atoms with E-state index in [2.05, 4.69) is 103 Å². The number of allylic oxidation sites excluding steroid dienone is 5. The second-order valence-electron chi connectivity index (χ2n) is 8.23. The molecule has 3 nitrogen and oxygen atoms in total. The van der Waals surface area contributed by atoms with E-state index in [4.69, 9.17) is 0 Å². The monoisotopic (exact) mass is 511 g/mol. The van der Waals surface area contributed by atoms with Crippen molar-refractivity contribution in [1.82, 2.24) is 10.0 Å². The minimum absolute atomic E-state index is 0.152. The smallest absolute Gasteiger partial charge is 0.139 e. The van der Waals surface area contributed by atoms with E-state index in [9.17, 15) is 4.39 Å². The Bertz CT molecular complexity index is 1050. The lowest BCUT2D eigenvalue weighted by Gasteiger charge is -2.13. The van der Waals surface area contributed by atoms with Crippen molar-refractivity contribution < 1.29 is 4.39 Å². The van der Waals surface area contributed by atoms with Crippen LogP contribution < -0.4 is 10.0 Å². The number of nitrogens with zero attached hydrogens (tertiary/aromatic N) is 1. The van der Waals surface area contributed by atoms with Gasteiger partial charge in [0.25, 0.3) is 0 Å². The number of aliphatic imine (C=N–C) groups is 1. The first-order chi connectivity index (χ1) is 17.2. The van der Waals surface area contributed by atoms with Crippen LogP contribution in [0, 0.1) is 13.8 Å². The summed E-state index contributed by atoms with van der Waals surface area (Å²) in [6.45, 7) is 19.8. The van der Waals surface area contributed by atoms with Gasteiger partial charge in [0.2, 0.25) is 0 Å². The van der Waals surface area contributed by atoms with E-state index in [-0.39, 0.29) is 16.5 Å². The van der Waals surface area contributed by atoms with Gasteiger partial charge in [0.1, 0.15) is 5.83 Å². The largest absolute Gasteiger partial charge is 0.389 e. The lowest BCUT2D eigenvalue weighted by Crippen LogP contribution is -2.18. The molecular formula is C31H46FN3S. The topological polar surface area (TPSA) is 36.4 Å². The highest BCUT2D eigenvalue weighted by Gasteiger charge is 2.01. The molecule has 2 aromatic rings. The van der Waals surface area contributed by atoms with Gasteiger partial charge in [0, 0.05) is 30.7 Å². The lowest BCUT2D eigenvalue weighted by atomic mass is 10.0. The van der Waals surface area contributed by atoms with Crippen LogP contribution in [0.1, 0.15) is 57.7 Å². The molecule has 0 fully saturated rings. The maximum absolute atomic E-state index is 12.3. The molecule has 0 heterocycles. The molecule has 0 radical (unpaired) electrons. The van der Waals surface area contributed by atoms with E-state index in [0.29, 0.717) is 5.57 Å². The highest BCUT2D eigenvalue weighted by Crippen LogP contribution is 2.24. The summed E-state index contributed by atoms with van der Waals surface area (Å²) in [6.07, 6.45) is 4.37. The molecule has 0 amide bonds. The van der Waals surface area contributed by atoms with Gasteiger partial charge in [-0.1, -0.05) is 79.4 Å². The average molecular weight is 512 g/mol. The Labute approximate surface area is 222 Å². The number of hydrogen-bond acceptors (Lipinski definition) is 3. The molecule has 2 rings (SSSR count). The van der Waals surface area contributed by atoms with Gasteiger partial charge in [-0.05, 0) is 81.0 Å². The Hall–Kier alpha value is -2.76. The quantitative estimate of drug-likeness (QED) is 0.145. The average Bonchev–Trinajstić information content (AvgIpc) is 2.86. The summed E-state index contributed by atoms with van der Waals surface area (Å²) in [6, 6.07) is 16.8. The number of aryl methyl sites for hydroxylation is 2. The minimum atomic E-state index is -0.243. The Morgan fingerprint density at radius 2 is 1.56 bits per heavy atom. The van der Waals surface area contributed by atoms with Crippen molar-refractivity contribution in [2.45, 2.75) is 59.8 Å². The third-order valence-corrected chi connectivity index (χ3v) is 6.54. The van der Waals surface area contributed by atoms with Crippen LogP contribution in [-0.2, 0) is 0 Å². The van der Waals surface area contributed by atoms with E-state index < -0.39 is 0 Å². The number of rotatable bonds is 10. The van der Waals surface area contributed by atoms with Crippen LogP contribution in [0.15, 0.2) is 88.2 Å². The van der Waals surface area contributed by atoms with Gasteiger partial charge in [-0.25, -0.2) is 4.39 Å². The Morgan fingerprint density at radius 1 is 0.972 bits per heavy atom. The van der Waals surface area contributed by atoms with Crippen molar-refractivity contribution in [2.75, 3.05) is 20.1 Å². The first kappa shape index (κ1) is 33.2. The molecule has 198 valence electrons. The van der Waals surface area contributed by atoms with Crippen LogP contribution >= 0.6 is 10.7 Å². The first-order valence-corrected chi connectivity index (χ1v) is 13.8. The summed E-state index contributed by atoms with van der Waals surface area (Å²) in [5.41, 5.74) is 6.61. The maximum Gasteiger partial charge on any atom is 0.139 e. The van der Waals surface area contributed by atoms with E-state index in [1.807, 2.05) is 13.8 Å². The van der Waals surface area contributed by atoms with E-state index in [1.165, 1.54) is 27.8 Å². The molecular weight excluding hydrogens is 465 g/mol. The van der Waals surface area contributed by atoms with Crippen LogP contribution in [0.3, 0.4) is 0 Å². The van der Waals surface area contributed by atoms with Crippen molar-refractivity contribution >= 4 is 28.3 Å². The molecule has 0 bridgehead atoms. The maximum atomic E-state index is 12.3. The van der Waals surface area contributed by atoms with Crippen LogP contribution in [0.5, 0.6) is 0 Å². The Kier molecular flexibility index (Phi) is 17.9. The van der Waals surface area contributed by atoms with Crippen molar-refractivity contribution in [3.05, 3.63) is 95.0 Å². The molecule has 1 atom stereocenters. The van der Waals surface area contributed by atoms with Gasteiger partial charge in [-0.3, -0.25) is 9.71 Å². The van der Waals surface area contributed by atoms with E-state index in [0.717, 1.165) is 30.8 Å². The standard InChI is InChI=1S/C23H30N2S.C6H10FN.C2H6/c1-18-11-6-8-13-22(18)20(3)17-21(4)24-15-10-16-25-26(5)23-14-9-7-12-19(23)2;1-5(2)6(7)4-8-3;1-2/h6-9,11-14,17,24-25H,3,5,10,15-16H2,1-2,4H3;4H,1-3H3;1-2H3/b21-17+;;. The van der Waals surface area contributed by atoms with Gasteiger partial charge in [-0.2, -0.15) is 0 Å². The van der Waals surface area contributed by atoms with Gasteiger partial charge in [0.15, 0.2) is 0 Å². The van der Waals surface area contributed by atoms with Gasteiger partial charge in [0.05, 0.1) is 6.21 Å². The van der Waals surface area contributed by atoms with E-state index in [1.54, 1.807) is 20.9 Å². The van der Waals surface area contributed by atoms with E-state index >= 15 is 0 Å². The molecule has 0 saturated carbocycles. The zero-order chi connectivity index (χ0) is 27.5. The SMILES string of the molecule is C=C(/C=C(\C)NCCCNS(=C)c1ccccc1C)c1ccccc1C.CC.CN=CC(F)=C(C)C. The van der Waals surface area contributed by atoms with Crippen molar-refractivity contribution in [3.8, 4) is 0 Å². The highest BCUT2D eigenvalue weighted by atomic mass is 32.2. The molecule has 0 aliphatic heterocycles. The fraction of sp³-hybridized carbons (Fsp3) is 0.355. The lowest BCUT2D eigenvalue weighted by molar-refractivity contribution is 0.673. The summed E-state index contributed by atoms with van der Waals surface area (Å²) in [7, 11) is 1.39. The second-order valence-corrected chi connectivity index (χ2v) is 9.74. The van der Waals surface area contributed by atoms with Crippen molar-refractivity contribution in [1.29, 1.82) is 0 Å². The highest BCUT2D eigenvalue weighted by molar-refractivity contribution is 8.12. The van der Waals surface area contributed by atoms with Crippen molar-refractivity contribution in [3.63, 3.8) is 0 Å². The number of benzene rings is 2. The van der Waals surface area contributed by atoms with Gasteiger partial charge < -0.3 is 5.32 Å². The molecule has 0 saturated heterocycles. The third-order valence-electron chi connectivity index (χ3n) is 4.99. The summed E-state index contributed by atoms with van der Waals surface area (Å²) in [5.74, 6) is 4.01. The molecule has 0 aliphatic carbocycles. The van der Waals surface area contributed by atoms with Gasteiger partial charge >= 0.3 is 0 Å². The molecule has 0 aromatic heterocycles. The third kappa shape index (κ3) is 13.4. The molecule has 1 unspecified atom stereocenters. The normalized spacial score (nSPS) is 11.5. The van der Waals surface area contributed by atoms with Crippen LogP contribution in [0.2, 0.25) is 0 Å². The summed E-state index contributed by atoms with van der Waals surface area (Å²) >= 11 is 0. The molecule has 0 spiro atoms. The zero-order valence-electron chi connectivity index (χ0n) is 23.5. The summed E-state index contributed by atoms with van der Waals surface area (Å²) < 4.78 is 15.8. The van der Waals surface area contributed by atoms with Crippen LogP contribution in [0.25, 0.3) is 5.57 Å². The molecule has 5 heteroatoms. The second kappa shape index (κ2) is 19.4. The fourth-order valence-corrected chi connectivity index (χ4v) is 4.29. The fourth-order valence-electron chi connectivity index (χ4n) is 3.05. The molecule has 36 heavy (non-hydrogen) atoms. The molecule has 2 N–H and O–H groups in total. The predicted octanol–water partition coefficient (Wildman–Crippen LogP) is 8.44. The Morgan fingerprint density at radius 3 is 2.08 bits per heavy atom. The number of hydrogen-bond donors (Lipinski definition) is 2. The summed E-state index contributed by atoms with van der Waals surface area (Å²) in [4.78, 5) is 4.80. The summed E-state index contributed by atoms with van der Waals surface area (Å²) in [5, 5.41) is 3.47. The first-order valence-electron chi connectivity index (χ1n) is 12.4. The van der Waals surface area contributed by atoms with Crippen LogP contribution in [-0.4, -0.2) is 32.2 Å². The van der Waals surface area contributed by atoms with Crippen molar-refractivity contribution in [2.24, 2.45) is 4.99 Å².